The predicted molar refractivity (Wildman–Crippen MR) is 71.1 cm³/mol. The third-order valence-electron chi connectivity index (χ3n) is 4.20. The van der Waals surface area contributed by atoms with Crippen LogP contribution in [-0.2, 0) is 13.0 Å². The van der Waals surface area contributed by atoms with Crippen molar-refractivity contribution < 1.29 is 5.11 Å². The summed E-state index contributed by atoms with van der Waals surface area (Å²) in [5.74, 6) is 2.18. The highest BCUT2D eigenvalue weighted by Crippen LogP contribution is 2.33. The Labute approximate surface area is 109 Å². The molecule has 102 valence electrons. The number of hydrogen-bond acceptors (Lipinski definition) is 3. The first-order valence-electron chi connectivity index (χ1n) is 7.29. The van der Waals surface area contributed by atoms with E-state index in [1.165, 1.54) is 12.8 Å². The van der Waals surface area contributed by atoms with Crippen LogP contribution in [0.5, 0.6) is 0 Å². The zero-order chi connectivity index (χ0) is 13.0. The Morgan fingerprint density at radius 3 is 2.94 bits per heavy atom. The van der Waals surface area contributed by atoms with Crippen LogP contribution in [0.3, 0.4) is 0 Å². The third-order valence-corrected chi connectivity index (χ3v) is 4.20. The molecule has 1 heterocycles. The molecular weight excluding hydrogens is 226 g/mol. The predicted octanol–water partition coefficient (Wildman–Crippen LogP) is 2.42. The smallest absolute Gasteiger partial charge is 0.138 e. The molecule has 0 saturated heterocycles. The Bertz CT molecular complexity index is 364. The Hall–Kier alpha value is -0.900. The van der Waals surface area contributed by atoms with Gasteiger partial charge in [0.1, 0.15) is 12.2 Å². The topological polar surface area (TPSA) is 50.9 Å². The van der Waals surface area contributed by atoms with Crippen LogP contribution in [0.25, 0.3) is 0 Å². The van der Waals surface area contributed by atoms with Gasteiger partial charge in [-0.15, -0.1) is 0 Å². The van der Waals surface area contributed by atoms with E-state index in [9.17, 15) is 5.11 Å². The van der Waals surface area contributed by atoms with Crippen molar-refractivity contribution >= 4 is 0 Å². The second-order valence-corrected chi connectivity index (χ2v) is 5.52. The quantitative estimate of drug-likeness (QED) is 0.874. The molecule has 1 aliphatic carbocycles. The molecule has 18 heavy (non-hydrogen) atoms. The van der Waals surface area contributed by atoms with Gasteiger partial charge >= 0.3 is 0 Å². The summed E-state index contributed by atoms with van der Waals surface area (Å²) in [6.07, 6.45) is 7.92. The van der Waals surface area contributed by atoms with Crippen LogP contribution in [0.2, 0.25) is 0 Å². The van der Waals surface area contributed by atoms with Crippen molar-refractivity contribution in [2.45, 2.75) is 65.0 Å². The first-order valence-corrected chi connectivity index (χ1v) is 7.29. The van der Waals surface area contributed by atoms with E-state index < -0.39 is 0 Å². The molecule has 2 rings (SSSR count). The summed E-state index contributed by atoms with van der Waals surface area (Å²) in [6.45, 7) is 5.32. The van der Waals surface area contributed by atoms with E-state index in [2.05, 4.69) is 23.9 Å². The molecule has 1 saturated carbocycles. The minimum Gasteiger partial charge on any atom is -0.393 e. The van der Waals surface area contributed by atoms with Crippen molar-refractivity contribution in [3.05, 3.63) is 12.2 Å². The monoisotopic (exact) mass is 251 g/mol. The zero-order valence-electron chi connectivity index (χ0n) is 11.5. The number of aliphatic hydroxyl groups excluding tert-OH is 1. The highest BCUT2D eigenvalue weighted by atomic mass is 16.3. The van der Waals surface area contributed by atoms with Crippen molar-refractivity contribution in [2.75, 3.05) is 0 Å². The average Bonchev–Trinajstić information content (AvgIpc) is 2.80. The Balaban J connectivity index is 2.00. The first-order chi connectivity index (χ1) is 8.74. The minimum atomic E-state index is -0.153. The van der Waals surface area contributed by atoms with Gasteiger partial charge in [0.25, 0.3) is 0 Å². The molecule has 3 unspecified atom stereocenters. The summed E-state index contributed by atoms with van der Waals surface area (Å²) in [5, 5.41) is 14.4. The highest BCUT2D eigenvalue weighted by Gasteiger charge is 2.29. The lowest BCUT2D eigenvalue weighted by molar-refractivity contribution is 0.0460. The van der Waals surface area contributed by atoms with Gasteiger partial charge in [-0.3, -0.25) is 4.68 Å². The Morgan fingerprint density at radius 1 is 1.39 bits per heavy atom. The molecule has 1 aliphatic rings. The van der Waals surface area contributed by atoms with Gasteiger partial charge in [-0.05, 0) is 37.5 Å². The van der Waals surface area contributed by atoms with Gasteiger partial charge in [0.2, 0.25) is 0 Å². The summed E-state index contributed by atoms with van der Waals surface area (Å²) in [7, 11) is 0. The minimum absolute atomic E-state index is 0.153. The molecule has 0 aliphatic heterocycles. The van der Waals surface area contributed by atoms with Crippen molar-refractivity contribution in [3.63, 3.8) is 0 Å². The number of rotatable bonds is 5. The number of aryl methyl sites for hydroxylation is 1. The van der Waals surface area contributed by atoms with Gasteiger partial charge in [-0.25, -0.2) is 4.98 Å². The van der Waals surface area contributed by atoms with Gasteiger partial charge in [-0.1, -0.05) is 20.3 Å². The van der Waals surface area contributed by atoms with Gasteiger partial charge in [0.05, 0.1) is 6.10 Å². The molecule has 0 amide bonds. The second-order valence-electron chi connectivity index (χ2n) is 5.52. The number of aliphatic hydroxyl groups is 1. The van der Waals surface area contributed by atoms with E-state index in [4.69, 9.17) is 0 Å². The largest absolute Gasteiger partial charge is 0.393 e. The van der Waals surface area contributed by atoms with Crippen LogP contribution in [0, 0.1) is 11.8 Å². The Morgan fingerprint density at radius 2 is 2.22 bits per heavy atom. The van der Waals surface area contributed by atoms with Crippen molar-refractivity contribution in [1.29, 1.82) is 0 Å². The molecule has 1 aromatic rings. The van der Waals surface area contributed by atoms with Crippen LogP contribution >= 0.6 is 0 Å². The standard InChI is InChI=1S/C14H25N3O/c1-3-7-17-14(15-10-16-17)9-12-8-11(4-2)5-6-13(12)18/h10-13,18H,3-9H2,1-2H3. The normalized spacial score (nSPS) is 28.5. The highest BCUT2D eigenvalue weighted by molar-refractivity contribution is 4.91. The van der Waals surface area contributed by atoms with Gasteiger partial charge in [0.15, 0.2) is 0 Å². The molecular formula is C14H25N3O. The molecule has 1 N–H and O–H groups in total. The average molecular weight is 251 g/mol. The summed E-state index contributed by atoms with van der Waals surface area (Å²) in [5.41, 5.74) is 0. The number of nitrogens with zero attached hydrogens (tertiary/aromatic N) is 3. The maximum atomic E-state index is 10.1. The molecule has 1 aromatic heterocycles. The molecule has 1 fully saturated rings. The van der Waals surface area contributed by atoms with E-state index in [1.54, 1.807) is 6.33 Å². The fourth-order valence-corrected chi connectivity index (χ4v) is 3.01. The summed E-state index contributed by atoms with van der Waals surface area (Å²) < 4.78 is 1.99. The van der Waals surface area contributed by atoms with Crippen LogP contribution in [-0.4, -0.2) is 26.0 Å². The van der Waals surface area contributed by atoms with E-state index in [-0.39, 0.29) is 6.10 Å². The van der Waals surface area contributed by atoms with Gasteiger partial charge in [-0.2, -0.15) is 5.10 Å². The van der Waals surface area contributed by atoms with Crippen LogP contribution < -0.4 is 0 Å². The fourth-order valence-electron chi connectivity index (χ4n) is 3.01. The lowest BCUT2D eigenvalue weighted by Crippen LogP contribution is -2.31. The van der Waals surface area contributed by atoms with Crippen LogP contribution in [0.15, 0.2) is 6.33 Å². The molecule has 4 heteroatoms. The molecule has 0 radical (unpaired) electrons. The van der Waals surface area contributed by atoms with Crippen molar-refractivity contribution in [3.8, 4) is 0 Å². The van der Waals surface area contributed by atoms with E-state index in [0.29, 0.717) is 5.92 Å². The summed E-state index contributed by atoms with van der Waals surface area (Å²) >= 11 is 0. The van der Waals surface area contributed by atoms with Crippen LogP contribution in [0.4, 0.5) is 0 Å². The molecule has 0 spiro atoms. The fraction of sp³-hybridized carbons (Fsp3) is 0.857. The van der Waals surface area contributed by atoms with E-state index >= 15 is 0 Å². The maximum absolute atomic E-state index is 10.1. The molecule has 0 aromatic carbocycles. The zero-order valence-corrected chi connectivity index (χ0v) is 11.5. The van der Waals surface area contributed by atoms with Gasteiger partial charge < -0.3 is 5.11 Å². The van der Waals surface area contributed by atoms with E-state index in [1.807, 2.05) is 4.68 Å². The third kappa shape index (κ3) is 3.10. The first kappa shape index (κ1) is 13.5. The lowest BCUT2D eigenvalue weighted by atomic mass is 9.77. The summed E-state index contributed by atoms with van der Waals surface area (Å²) in [6, 6.07) is 0. The van der Waals surface area contributed by atoms with E-state index in [0.717, 1.165) is 44.0 Å². The maximum Gasteiger partial charge on any atom is 0.138 e. The summed E-state index contributed by atoms with van der Waals surface area (Å²) in [4.78, 5) is 4.35. The van der Waals surface area contributed by atoms with Crippen LogP contribution in [0.1, 0.15) is 51.8 Å². The molecule has 4 nitrogen and oxygen atoms in total. The SMILES string of the molecule is CCCn1ncnc1CC1CC(CC)CCC1O. The van der Waals surface area contributed by atoms with Gasteiger partial charge in [0, 0.05) is 13.0 Å². The lowest BCUT2D eigenvalue weighted by Gasteiger charge is -2.32. The molecule has 0 bridgehead atoms. The number of hydrogen-bond donors (Lipinski definition) is 1. The Kier molecular flexibility index (Phi) is 4.75. The number of aromatic nitrogens is 3. The van der Waals surface area contributed by atoms with Crippen molar-refractivity contribution in [2.24, 2.45) is 11.8 Å². The second kappa shape index (κ2) is 6.32. The van der Waals surface area contributed by atoms with Crippen molar-refractivity contribution in [1.82, 2.24) is 14.8 Å². The molecule has 3 atom stereocenters.